The number of benzene rings is 2. The minimum absolute atomic E-state index is 0.0130. The first kappa shape index (κ1) is 18.1. The Morgan fingerprint density at radius 2 is 1.69 bits per heavy atom. The number of carbonyl (C=O) groups excluding carboxylic acids is 1. The number of ether oxygens (including phenoxy) is 2. The Kier molecular flexibility index (Phi) is 5.32. The molecule has 1 unspecified atom stereocenters. The van der Waals surface area contributed by atoms with Gasteiger partial charge in [-0.1, -0.05) is 18.2 Å². The number of hydrogen-bond acceptors (Lipinski definition) is 5. The summed E-state index contributed by atoms with van der Waals surface area (Å²) in [4.78, 5) is 23.1. The molecule has 2 aromatic rings. The minimum Gasteiger partial charge on any atom is -0.459 e. The molecule has 1 aliphatic rings. The van der Waals surface area contributed by atoms with Crippen LogP contribution in [0.25, 0.3) is 11.1 Å². The van der Waals surface area contributed by atoms with Gasteiger partial charge in [-0.3, -0.25) is 10.1 Å². The maximum Gasteiger partial charge on any atom is 0.339 e. The Morgan fingerprint density at radius 1 is 1.08 bits per heavy atom. The lowest BCUT2D eigenvalue weighted by Crippen LogP contribution is -2.35. The molecule has 3 atom stereocenters. The summed E-state index contributed by atoms with van der Waals surface area (Å²) >= 11 is 0. The molecule has 2 aromatic carbocycles. The average molecular weight is 355 g/mol. The Hall–Kier alpha value is -2.73. The molecule has 1 heterocycles. The first-order valence-corrected chi connectivity index (χ1v) is 8.64. The smallest absolute Gasteiger partial charge is 0.339 e. The van der Waals surface area contributed by atoms with Crippen LogP contribution in [-0.2, 0) is 9.47 Å². The van der Waals surface area contributed by atoms with Gasteiger partial charge in [0.1, 0.15) is 6.10 Å². The lowest BCUT2D eigenvalue weighted by molar-refractivity contribution is -0.384. The Bertz CT molecular complexity index is 792. The quantitative estimate of drug-likeness (QED) is 0.462. The molecule has 1 saturated heterocycles. The minimum atomic E-state index is -0.447. The zero-order valence-corrected chi connectivity index (χ0v) is 14.8. The van der Waals surface area contributed by atoms with E-state index in [4.69, 9.17) is 9.47 Å². The van der Waals surface area contributed by atoms with Crippen LogP contribution in [0.2, 0.25) is 0 Å². The van der Waals surface area contributed by atoms with E-state index in [0.717, 1.165) is 5.56 Å². The molecule has 0 bridgehead atoms. The van der Waals surface area contributed by atoms with Crippen LogP contribution in [0.4, 0.5) is 5.69 Å². The van der Waals surface area contributed by atoms with E-state index < -0.39 is 4.92 Å². The Labute approximate surface area is 151 Å². The Morgan fingerprint density at radius 3 is 2.31 bits per heavy atom. The number of carbonyl (C=O) groups is 1. The van der Waals surface area contributed by atoms with Gasteiger partial charge in [-0.05, 0) is 43.2 Å². The predicted octanol–water partition coefficient (Wildman–Crippen LogP) is 4.37. The maximum atomic E-state index is 12.7. The molecule has 0 saturated carbocycles. The van der Waals surface area contributed by atoms with E-state index in [2.05, 4.69) is 0 Å². The van der Waals surface area contributed by atoms with Crippen molar-refractivity contribution in [1.29, 1.82) is 0 Å². The van der Waals surface area contributed by atoms with Crippen molar-refractivity contribution in [3.05, 3.63) is 64.2 Å². The van der Waals surface area contributed by atoms with Crippen LogP contribution in [0.1, 0.15) is 37.0 Å². The predicted molar refractivity (Wildman–Crippen MR) is 97.0 cm³/mol. The normalized spacial score (nSPS) is 22.6. The van der Waals surface area contributed by atoms with E-state index in [0.29, 0.717) is 24.0 Å². The van der Waals surface area contributed by atoms with Crippen molar-refractivity contribution in [2.75, 3.05) is 0 Å². The van der Waals surface area contributed by atoms with Crippen LogP contribution in [0.5, 0.6) is 0 Å². The lowest BCUT2D eigenvalue weighted by Gasteiger charge is -2.31. The van der Waals surface area contributed by atoms with Crippen molar-refractivity contribution in [3.63, 3.8) is 0 Å². The molecule has 136 valence electrons. The van der Waals surface area contributed by atoms with Gasteiger partial charge in [0, 0.05) is 25.0 Å². The van der Waals surface area contributed by atoms with Gasteiger partial charge >= 0.3 is 5.97 Å². The molecule has 0 aliphatic carbocycles. The fraction of sp³-hybridized carbons (Fsp3) is 0.350. The van der Waals surface area contributed by atoms with Gasteiger partial charge in [0.15, 0.2) is 0 Å². The molecule has 1 fully saturated rings. The molecular weight excluding hydrogens is 334 g/mol. The number of hydrogen-bond donors (Lipinski definition) is 0. The van der Waals surface area contributed by atoms with Crippen LogP contribution in [-0.4, -0.2) is 29.2 Å². The summed E-state index contributed by atoms with van der Waals surface area (Å²) in [5.41, 5.74) is 1.89. The van der Waals surface area contributed by atoms with Gasteiger partial charge in [-0.15, -0.1) is 0 Å². The number of non-ortho nitro benzene ring substituents is 1. The highest BCUT2D eigenvalue weighted by Gasteiger charge is 2.28. The van der Waals surface area contributed by atoms with Gasteiger partial charge in [-0.2, -0.15) is 0 Å². The van der Waals surface area contributed by atoms with Gasteiger partial charge in [-0.25, -0.2) is 4.79 Å². The van der Waals surface area contributed by atoms with Crippen LogP contribution in [0.15, 0.2) is 48.5 Å². The van der Waals surface area contributed by atoms with Gasteiger partial charge < -0.3 is 9.47 Å². The molecule has 0 radical (unpaired) electrons. The molecule has 6 nitrogen and oxygen atoms in total. The summed E-state index contributed by atoms with van der Waals surface area (Å²) in [7, 11) is 0. The highest BCUT2D eigenvalue weighted by molar-refractivity contribution is 5.97. The van der Waals surface area contributed by atoms with E-state index in [9.17, 15) is 14.9 Å². The molecule has 0 N–H and O–H groups in total. The molecule has 3 rings (SSSR count). The first-order valence-electron chi connectivity index (χ1n) is 8.64. The van der Waals surface area contributed by atoms with E-state index >= 15 is 0 Å². The second-order valence-electron chi connectivity index (χ2n) is 6.61. The fourth-order valence-electron chi connectivity index (χ4n) is 3.33. The topological polar surface area (TPSA) is 78.7 Å². The van der Waals surface area contributed by atoms with E-state index in [1.807, 2.05) is 26.0 Å². The van der Waals surface area contributed by atoms with Crippen molar-refractivity contribution in [2.45, 2.75) is 45.0 Å². The van der Waals surface area contributed by atoms with Crippen LogP contribution in [0, 0.1) is 10.1 Å². The summed E-state index contributed by atoms with van der Waals surface area (Å²) in [6.45, 7) is 3.95. The van der Waals surface area contributed by atoms with Crippen LogP contribution >= 0.6 is 0 Å². The molecule has 1 aliphatic heterocycles. The first-order chi connectivity index (χ1) is 12.4. The average Bonchev–Trinajstić information content (AvgIpc) is 2.61. The standard InChI is InChI=1S/C20H21NO5/c1-13-11-17(12-14(2)25-13)26-20(22)19-6-4-3-5-18(19)15-7-9-16(10-8-15)21(23)24/h3-10,13-14,17H,11-12H2,1-2H3/t13-,14+,17?. The number of nitro benzene ring substituents is 1. The third-order valence-corrected chi connectivity index (χ3v) is 4.46. The largest absolute Gasteiger partial charge is 0.459 e. The molecular formula is C20H21NO5. The molecule has 0 amide bonds. The second-order valence-corrected chi connectivity index (χ2v) is 6.61. The lowest BCUT2D eigenvalue weighted by atomic mass is 9.99. The zero-order chi connectivity index (χ0) is 18.7. The summed E-state index contributed by atoms with van der Waals surface area (Å²) in [5.74, 6) is -0.384. The molecule has 6 heteroatoms. The van der Waals surface area contributed by atoms with Crippen molar-refractivity contribution >= 4 is 11.7 Å². The summed E-state index contributed by atoms with van der Waals surface area (Å²) in [6, 6.07) is 13.3. The van der Waals surface area contributed by atoms with Crippen LogP contribution in [0.3, 0.4) is 0 Å². The number of esters is 1. The zero-order valence-electron chi connectivity index (χ0n) is 14.8. The number of nitro groups is 1. The van der Waals surface area contributed by atoms with Crippen molar-refractivity contribution in [3.8, 4) is 11.1 Å². The molecule has 0 spiro atoms. The Balaban J connectivity index is 1.82. The fourth-order valence-corrected chi connectivity index (χ4v) is 3.33. The van der Waals surface area contributed by atoms with Crippen molar-refractivity contribution < 1.29 is 19.2 Å². The van der Waals surface area contributed by atoms with Gasteiger partial charge in [0.05, 0.1) is 22.7 Å². The number of nitrogens with zero attached hydrogens (tertiary/aromatic N) is 1. The summed E-state index contributed by atoms with van der Waals surface area (Å²) < 4.78 is 11.4. The van der Waals surface area contributed by atoms with Gasteiger partial charge in [0.2, 0.25) is 0 Å². The van der Waals surface area contributed by atoms with E-state index in [1.54, 1.807) is 24.3 Å². The second kappa shape index (κ2) is 7.66. The molecule has 0 aromatic heterocycles. The van der Waals surface area contributed by atoms with E-state index in [1.165, 1.54) is 12.1 Å². The highest BCUT2D eigenvalue weighted by Crippen LogP contribution is 2.28. The van der Waals surface area contributed by atoms with Crippen molar-refractivity contribution in [1.82, 2.24) is 0 Å². The van der Waals surface area contributed by atoms with E-state index in [-0.39, 0.29) is 30.0 Å². The third kappa shape index (κ3) is 4.08. The number of rotatable bonds is 4. The highest BCUT2D eigenvalue weighted by atomic mass is 16.6. The SMILES string of the molecule is C[C@@H]1CC(OC(=O)c2ccccc2-c2ccc([N+](=O)[O-])cc2)C[C@H](C)O1. The molecule has 26 heavy (non-hydrogen) atoms. The third-order valence-electron chi connectivity index (χ3n) is 4.46. The summed E-state index contributed by atoms with van der Waals surface area (Å²) in [6.07, 6.45) is 1.29. The monoisotopic (exact) mass is 355 g/mol. The summed E-state index contributed by atoms with van der Waals surface area (Å²) in [5, 5.41) is 10.8. The van der Waals surface area contributed by atoms with Crippen LogP contribution < -0.4 is 0 Å². The van der Waals surface area contributed by atoms with Gasteiger partial charge in [0.25, 0.3) is 5.69 Å². The maximum absolute atomic E-state index is 12.7. The van der Waals surface area contributed by atoms with Crippen molar-refractivity contribution in [2.24, 2.45) is 0 Å².